The molecule has 2 rings (SSSR count). The van der Waals surface area contributed by atoms with Gasteiger partial charge in [0.15, 0.2) is 0 Å². The number of nitrogens with zero attached hydrogens (tertiary/aromatic N) is 1. The topological polar surface area (TPSA) is 69.6 Å². The molecule has 20 heavy (non-hydrogen) atoms. The van der Waals surface area contributed by atoms with Gasteiger partial charge in [-0.2, -0.15) is 0 Å². The molecule has 1 aromatic rings. The highest BCUT2D eigenvalue weighted by molar-refractivity contribution is 5.91. The van der Waals surface area contributed by atoms with Gasteiger partial charge in [-0.1, -0.05) is 18.7 Å². The Morgan fingerprint density at radius 3 is 2.50 bits per heavy atom. The maximum Gasteiger partial charge on any atom is 0.250 e. The standard InChI is InChI=1S/C15H18N2O3/c1-11-8-9-17(11)15(20)7-4-12-2-5-13(6-3-12)16-14(19)10-18/h2-3,5-6,18H,1,4,7-10H2,(H,16,19). The largest absolute Gasteiger partial charge is 0.387 e. The Balaban J connectivity index is 1.83. The number of aliphatic hydroxyl groups is 1. The number of amides is 2. The summed E-state index contributed by atoms with van der Waals surface area (Å²) in [6.07, 6.45) is 2.03. The van der Waals surface area contributed by atoms with Crippen molar-refractivity contribution in [2.75, 3.05) is 18.5 Å². The Hall–Kier alpha value is -2.14. The lowest BCUT2D eigenvalue weighted by molar-refractivity contribution is -0.131. The predicted molar refractivity (Wildman–Crippen MR) is 75.9 cm³/mol. The maximum absolute atomic E-state index is 11.8. The average Bonchev–Trinajstić information content (AvgIpc) is 2.44. The molecule has 2 N–H and O–H groups in total. The molecule has 0 unspecified atom stereocenters. The molecule has 0 bridgehead atoms. The molecule has 1 heterocycles. The molecule has 0 aliphatic carbocycles. The number of nitrogens with one attached hydrogen (secondary N) is 1. The van der Waals surface area contributed by atoms with Gasteiger partial charge in [-0.3, -0.25) is 9.59 Å². The normalized spacial score (nSPS) is 13.8. The van der Waals surface area contributed by atoms with E-state index in [9.17, 15) is 9.59 Å². The Morgan fingerprint density at radius 1 is 1.30 bits per heavy atom. The third-order valence-corrected chi connectivity index (χ3v) is 3.32. The van der Waals surface area contributed by atoms with Crippen molar-refractivity contribution < 1.29 is 14.7 Å². The van der Waals surface area contributed by atoms with Crippen molar-refractivity contribution in [3.05, 3.63) is 42.1 Å². The highest BCUT2D eigenvalue weighted by atomic mass is 16.3. The lowest BCUT2D eigenvalue weighted by atomic mass is 10.1. The van der Waals surface area contributed by atoms with Crippen LogP contribution in [0.25, 0.3) is 0 Å². The van der Waals surface area contributed by atoms with Crippen LogP contribution in [0.5, 0.6) is 0 Å². The lowest BCUT2D eigenvalue weighted by Crippen LogP contribution is -2.39. The van der Waals surface area contributed by atoms with E-state index in [1.165, 1.54) is 0 Å². The lowest BCUT2D eigenvalue weighted by Gasteiger charge is -2.33. The Kier molecular flexibility index (Phi) is 4.53. The molecule has 1 aromatic carbocycles. The van der Waals surface area contributed by atoms with E-state index in [4.69, 9.17) is 5.11 Å². The van der Waals surface area contributed by atoms with E-state index >= 15 is 0 Å². The minimum Gasteiger partial charge on any atom is -0.387 e. The van der Waals surface area contributed by atoms with Crippen LogP contribution in [0.1, 0.15) is 18.4 Å². The monoisotopic (exact) mass is 274 g/mol. The number of anilines is 1. The van der Waals surface area contributed by atoms with E-state index < -0.39 is 12.5 Å². The first-order valence-corrected chi connectivity index (χ1v) is 6.58. The fourth-order valence-corrected chi connectivity index (χ4v) is 2.02. The zero-order chi connectivity index (χ0) is 14.5. The molecule has 0 saturated carbocycles. The Labute approximate surface area is 117 Å². The molecule has 5 heteroatoms. The van der Waals surface area contributed by atoms with Gasteiger partial charge in [0.2, 0.25) is 11.8 Å². The van der Waals surface area contributed by atoms with Crippen LogP contribution in [0.3, 0.4) is 0 Å². The van der Waals surface area contributed by atoms with Crippen LogP contribution >= 0.6 is 0 Å². The van der Waals surface area contributed by atoms with E-state index in [-0.39, 0.29) is 5.91 Å². The molecular weight excluding hydrogens is 256 g/mol. The molecule has 0 atom stereocenters. The van der Waals surface area contributed by atoms with E-state index in [0.29, 0.717) is 18.5 Å². The summed E-state index contributed by atoms with van der Waals surface area (Å²) in [6, 6.07) is 7.25. The number of aliphatic hydroxyl groups excluding tert-OH is 1. The molecule has 1 aliphatic heterocycles. The van der Waals surface area contributed by atoms with Gasteiger partial charge in [-0.15, -0.1) is 0 Å². The van der Waals surface area contributed by atoms with E-state index in [1.807, 2.05) is 12.1 Å². The van der Waals surface area contributed by atoms with Crippen LogP contribution in [0.2, 0.25) is 0 Å². The number of hydrogen-bond acceptors (Lipinski definition) is 3. The number of carbonyl (C=O) groups is 2. The van der Waals surface area contributed by atoms with Gasteiger partial charge in [0.05, 0.1) is 0 Å². The van der Waals surface area contributed by atoms with Crippen LogP contribution in [-0.4, -0.2) is 35.0 Å². The van der Waals surface area contributed by atoms with Crippen LogP contribution in [0, 0.1) is 0 Å². The summed E-state index contributed by atoms with van der Waals surface area (Å²) in [5, 5.41) is 11.2. The fraction of sp³-hybridized carbons (Fsp3) is 0.333. The van der Waals surface area contributed by atoms with E-state index in [2.05, 4.69) is 11.9 Å². The van der Waals surface area contributed by atoms with Crippen molar-refractivity contribution in [3.8, 4) is 0 Å². The average molecular weight is 274 g/mol. The summed E-state index contributed by atoms with van der Waals surface area (Å²) in [6.45, 7) is 4.06. The molecule has 0 aromatic heterocycles. The van der Waals surface area contributed by atoms with Gasteiger partial charge >= 0.3 is 0 Å². The smallest absolute Gasteiger partial charge is 0.250 e. The molecule has 0 radical (unpaired) electrons. The number of rotatable bonds is 5. The van der Waals surface area contributed by atoms with Crippen LogP contribution < -0.4 is 5.32 Å². The minimum atomic E-state index is -0.532. The Morgan fingerprint density at radius 2 is 2.00 bits per heavy atom. The molecular formula is C15H18N2O3. The fourth-order valence-electron chi connectivity index (χ4n) is 2.02. The first-order valence-electron chi connectivity index (χ1n) is 6.58. The van der Waals surface area contributed by atoms with Crippen molar-refractivity contribution >= 4 is 17.5 Å². The van der Waals surface area contributed by atoms with Crippen molar-refractivity contribution in [2.45, 2.75) is 19.3 Å². The number of aryl methyl sites for hydroxylation is 1. The van der Waals surface area contributed by atoms with Crippen molar-refractivity contribution in [2.24, 2.45) is 0 Å². The summed E-state index contributed by atoms with van der Waals surface area (Å²) in [4.78, 5) is 24.6. The predicted octanol–water partition coefficient (Wildman–Crippen LogP) is 1.30. The van der Waals surface area contributed by atoms with Crippen LogP contribution in [0.4, 0.5) is 5.69 Å². The molecule has 1 saturated heterocycles. The second-order valence-electron chi connectivity index (χ2n) is 4.76. The Bertz CT molecular complexity index is 522. The maximum atomic E-state index is 11.8. The summed E-state index contributed by atoms with van der Waals surface area (Å²) in [7, 11) is 0. The second kappa shape index (κ2) is 6.34. The van der Waals surface area contributed by atoms with E-state index in [0.717, 1.165) is 24.2 Å². The highest BCUT2D eigenvalue weighted by Gasteiger charge is 2.23. The van der Waals surface area contributed by atoms with Gasteiger partial charge < -0.3 is 15.3 Å². The zero-order valence-corrected chi connectivity index (χ0v) is 11.3. The van der Waals surface area contributed by atoms with E-state index in [1.54, 1.807) is 17.0 Å². The summed E-state index contributed by atoms with van der Waals surface area (Å²) in [5.41, 5.74) is 2.57. The summed E-state index contributed by atoms with van der Waals surface area (Å²) >= 11 is 0. The molecule has 2 amide bonds. The summed E-state index contributed by atoms with van der Waals surface area (Å²) < 4.78 is 0. The highest BCUT2D eigenvalue weighted by Crippen LogP contribution is 2.21. The number of benzene rings is 1. The molecule has 0 spiro atoms. The summed E-state index contributed by atoms with van der Waals surface area (Å²) in [5.74, 6) is -0.330. The number of hydrogen-bond donors (Lipinski definition) is 2. The first-order chi connectivity index (χ1) is 9.60. The van der Waals surface area contributed by atoms with Gasteiger partial charge in [-0.25, -0.2) is 0 Å². The van der Waals surface area contributed by atoms with Crippen molar-refractivity contribution in [1.29, 1.82) is 0 Å². The second-order valence-corrected chi connectivity index (χ2v) is 4.76. The van der Waals surface area contributed by atoms with Gasteiger partial charge in [0.1, 0.15) is 6.61 Å². The SMILES string of the molecule is C=C1CCN1C(=O)CCc1ccc(NC(=O)CO)cc1. The zero-order valence-electron chi connectivity index (χ0n) is 11.3. The van der Waals surface area contributed by atoms with Crippen LogP contribution in [-0.2, 0) is 16.0 Å². The van der Waals surface area contributed by atoms with Crippen molar-refractivity contribution in [3.63, 3.8) is 0 Å². The third kappa shape index (κ3) is 3.45. The first kappa shape index (κ1) is 14.3. The van der Waals surface area contributed by atoms with Crippen molar-refractivity contribution in [1.82, 2.24) is 4.90 Å². The molecule has 1 aliphatic rings. The molecule has 1 fully saturated rings. The quantitative estimate of drug-likeness (QED) is 0.850. The number of likely N-dealkylation sites (tertiary alicyclic amines) is 1. The van der Waals surface area contributed by atoms with Gasteiger partial charge in [0, 0.05) is 30.8 Å². The van der Waals surface area contributed by atoms with Gasteiger partial charge in [0.25, 0.3) is 0 Å². The van der Waals surface area contributed by atoms with Gasteiger partial charge in [-0.05, 0) is 24.1 Å². The molecule has 106 valence electrons. The minimum absolute atomic E-state index is 0.110. The third-order valence-electron chi connectivity index (χ3n) is 3.32. The number of carbonyl (C=O) groups excluding carboxylic acids is 2. The molecule has 5 nitrogen and oxygen atoms in total. The van der Waals surface area contributed by atoms with Crippen LogP contribution in [0.15, 0.2) is 36.5 Å².